The monoisotopic (exact) mass is 182 g/mol. The van der Waals surface area contributed by atoms with Gasteiger partial charge in [0.25, 0.3) is 5.56 Å². The molecular weight excluding hydrogens is 168 g/mol. The van der Waals surface area contributed by atoms with E-state index in [-0.39, 0.29) is 18.0 Å². The van der Waals surface area contributed by atoms with E-state index in [1.807, 2.05) is 0 Å². The van der Waals surface area contributed by atoms with E-state index in [0.717, 1.165) is 5.56 Å². The third-order valence-electron chi connectivity index (χ3n) is 2.13. The van der Waals surface area contributed by atoms with Crippen molar-refractivity contribution in [3.63, 3.8) is 0 Å². The van der Waals surface area contributed by atoms with Gasteiger partial charge in [-0.1, -0.05) is 0 Å². The summed E-state index contributed by atoms with van der Waals surface area (Å²) in [5, 5.41) is 9.63. The number of hydrogen-bond acceptors (Lipinski definition) is 3. The standard InChI is InChI=1S/C9H14N2O2/c1-3-11-8(12)4-6(2)7(5-10)9(11)13/h4,13H,3,5,10H2,1-2H3. The molecule has 13 heavy (non-hydrogen) atoms. The van der Waals surface area contributed by atoms with Crippen LogP contribution in [-0.2, 0) is 13.1 Å². The van der Waals surface area contributed by atoms with Gasteiger partial charge in [0.05, 0.1) is 0 Å². The molecule has 0 aliphatic rings. The van der Waals surface area contributed by atoms with Gasteiger partial charge in [-0.3, -0.25) is 9.36 Å². The van der Waals surface area contributed by atoms with Gasteiger partial charge in [-0.05, 0) is 19.4 Å². The molecule has 1 heterocycles. The molecule has 1 aromatic rings. The first-order valence-electron chi connectivity index (χ1n) is 4.24. The van der Waals surface area contributed by atoms with Crippen LogP contribution in [0.4, 0.5) is 0 Å². The minimum atomic E-state index is -0.185. The Morgan fingerprint density at radius 3 is 2.69 bits per heavy atom. The molecule has 0 aliphatic carbocycles. The smallest absolute Gasteiger partial charge is 0.253 e. The van der Waals surface area contributed by atoms with Crippen molar-refractivity contribution in [1.82, 2.24) is 4.57 Å². The Bertz CT molecular complexity index is 369. The Labute approximate surface area is 76.6 Å². The summed E-state index contributed by atoms with van der Waals surface area (Å²) in [6, 6.07) is 1.49. The van der Waals surface area contributed by atoms with Gasteiger partial charge in [0.1, 0.15) is 0 Å². The molecule has 1 aromatic heterocycles. The molecule has 3 N–H and O–H groups in total. The maximum atomic E-state index is 11.3. The van der Waals surface area contributed by atoms with Crippen LogP contribution in [0.25, 0.3) is 0 Å². The SMILES string of the molecule is CCn1c(O)c(CN)c(C)cc1=O. The third kappa shape index (κ3) is 1.58. The highest BCUT2D eigenvalue weighted by Gasteiger charge is 2.09. The van der Waals surface area contributed by atoms with Crippen molar-refractivity contribution in [2.45, 2.75) is 26.9 Å². The van der Waals surface area contributed by atoms with Crippen molar-refractivity contribution >= 4 is 0 Å². The van der Waals surface area contributed by atoms with E-state index in [1.54, 1.807) is 13.8 Å². The molecule has 0 spiro atoms. The molecule has 0 unspecified atom stereocenters. The summed E-state index contributed by atoms with van der Waals surface area (Å²) in [7, 11) is 0. The van der Waals surface area contributed by atoms with Crippen LogP contribution >= 0.6 is 0 Å². The van der Waals surface area contributed by atoms with Crippen molar-refractivity contribution in [3.8, 4) is 5.88 Å². The number of pyridine rings is 1. The fourth-order valence-electron chi connectivity index (χ4n) is 1.35. The molecule has 4 nitrogen and oxygen atoms in total. The quantitative estimate of drug-likeness (QED) is 0.693. The predicted octanol–water partition coefficient (Wildman–Crippen LogP) is 0.341. The van der Waals surface area contributed by atoms with Crippen molar-refractivity contribution in [2.75, 3.05) is 0 Å². The van der Waals surface area contributed by atoms with Crippen LogP contribution in [0.3, 0.4) is 0 Å². The second-order valence-corrected chi connectivity index (χ2v) is 2.92. The van der Waals surface area contributed by atoms with Crippen LogP contribution in [0.1, 0.15) is 18.1 Å². The fourth-order valence-corrected chi connectivity index (χ4v) is 1.35. The van der Waals surface area contributed by atoms with E-state index < -0.39 is 0 Å². The highest BCUT2D eigenvalue weighted by atomic mass is 16.3. The van der Waals surface area contributed by atoms with Crippen molar-refractivity contribution in [1.29, 1.82) is 0 Å². The Kier molecular flexibility index (Phi) is 2.72. The van der Waals surface area contributed by atoms with Gasteiger partial charge in [-0.15, -0.1) is 0 Å². The van der Waals surface area contributed by atoms with Gasteiger partial charge in [-0.25, -0.2) is 0 Å². The molecular formula is C9H14N2O2. The van der Waals surface area contributed by atoms with E-state index in [0.29, 0.717) is 12.1 Å². The first-order valence-corrected chi connectivity index (χ1v) is 4.24. The summed E-state index contributed by atoms with van der Waals surface area (Å²) >= 11 is 0. The van der Waals surface area contributed by atoms with Crippen LogP contribution < -0.4 is 11.3 Å². The van der Waals surface area contributed by atoms with Crippen LogP contribution in [0, 0.1) is 6.92 Å². The average Bonchev–Trinajstić information content (AvgIpc) is 2.04. The highest BCUT2D eigenvalue weighted by molar-refractivity contribution is 5.33. The summed E-state index contributed by atoms with van der Waals surface area (Å²) in [5.74, 6) is -0.00463. The summed E-state index contributed by atoms with van der Waals surface area (Å²) in [6.45, 7) is 4.27. The van der Waals surface area contributed by atoms with Crippen LogP contribution in [-0.4, -0.2) is 9.67 Å². The van der Waals surface area contributed by atoms with Crippen molar-refractivity contribution in [2.24, 2.45) is 5.73 Å². The maximum Gasteiger partial charge on any atom is 0.253 e. The van der Waals surface area contributed by atoms with Gasteiger partial charge in [0, 0.05) is 24.7 Å². The lowest BCUT2D eigenvalue weighted by Crippen LogP contribution is -2.21. The zero-order valence-corrected chi connectivity index (χ0v) is 7.87. The zero-order valence-electron chi connectivity index (χ0n) is 7.87. The molecule has 1 rings (SSSR count). The average molecular weight is 182 g/mol. The first kappa shape index (κ1) is 9.80. The van der Waals surface area contributed by atoms with E-state index in [4.69, 9.17) is 5.73 Å². The van der Waals surface area contributed by atoms with Crippen LogP contribution in [0.15, 0.2) is 10.9 Å². The van der Waals surface area contributed by atoms with Gasteiger partial charge >= 0.3 is 0 Å². The van der Waals surface area contributed by atoms with Crippen molar-refractivity contribution in [3.05, 3.63) is 27.5 Å². The molecule has 0 radical (unpaired) electrons. The number of nitrogens with zero attached hydrogens (tertiary/aromatic N) is 1. The maximum absolute atomic E-state index is 11.3. The van der Waals surface area contributed by atoms with Crippen LogP contribution in [0.5, 0.6) is 5.88 Å². The third-order valence-corrected chi connectivity index (χ3v) is 2.13. The molecule has 4 heteroatoms. The van der Waals surface area contributed by atoms with Gasteiger partial charge in [-0.2, -0.15) is 0 Å². The summed E-state index contributed by atoms with van der Waals surface area (Å²) in [5.41, 5.74) is 6.65. The number of rotatable bonds is 2. The van der Waals surface area contributed by atoms with E-state index in [1.165, 1.54) is 10.6 Å². The topological polar surface area (TPSA) is 68.2 Å². The molecule has 0 atom stereocenters. The molecule has 0 aliphatic heterocycles. The molecule has 0 fully saturated rings. The summed E-state index contributed by atoms with van der Waals surface area (Å²) in [6.07, 6.45) is 0. The van der Waals surface area contributed by atoms with Gasteiger partial charge in [0.2, 0.25) is 0 Å². The lowest BCUT2D eigenvalue weighted by Gasteiger charge is -2.11. The van der Waals surface area contributed by atoms with E-state index >= 15 is 0 Å². The lowest BCUT2D eigenvalue weighted by atomic mass is 10.1. The van der Waals surface area contributed by atoms with Crippen molar-refractivity contribution < 1.29 is 5.11 Å². The number of aromatic hydroxyl groups is 1. The summed E-state index contributed by atoms with van der Waals surface area (Å²) in [4.78, 5) is 11.3. The minimum absolute atomic E-state index is 0.00463. The first-order chi connectivity index (χ1) is 6.11. The Hall–Kier alpha value is -1.29. The number of nitrogens with two attached hydrogens (primary N) is 1. The molecule has 0 saturated carbocycles. The number of hydrogen-bond donors (Lipinski definition) is 2. The number of aryl methyl sites for hydroxylation is 1. The molecule has 0 amide bonds. The molecule has 0 saturated heterocycles. The molecule has 72 valence electrons. The lowest BCUT2D eigenvalue weighted by molar-refractivity contribution is 0.403. The largest absolute Gasteiger partial charge is 0.494 e. The van der Waals surface area contributed by atoms with Gasteiger partial charge in [0.15, 0.2) is 5.88 Å². The second kappa shape index (κ2) is 3.62. The Morgan fingerprint density at radius 2 is 2.23 bits per heavy atom. The predicted molar refractivity (Wildman–Crippen MR) is 50.7 cm³/mol. The van der Waals surface area contributed by atoms with E-state index in [9.17, 15) is 9.90 Å². The number of aromatic nitrogens is 1. The van der Waals surface area contributed by atoms with E-state index in [2.05, 4.69) is 0 Å². The minimum Gasteiger partial charge on any atom is -0.494 e. The van der Waals surface area contributed by atoms with Gasteiger partial charge < -0.3 is 10.8 Å². The van der Waals surface area contributed by atoms with Crippen LogP contribution in [0.2, 0.25) is 0 Å². The Balaban J connectivity index is 3.48. The summed E-state index contributed by atoms with van der Waals surface area (Å²) < 4.78 is 1.30. The Morgan fingerprint density at radius 1 is 1.62 bits per heavy atom. The second-order valence-electron chi connectivity index (χ2n) is 2.92. The fraction of sp³-hybridized carbons (Fsp3) is 0.444. The highest BCUT2D eigenvalue weighted by Crippen LogP contribution is 2.17. The normalized spacial score (nSPS) is 10.4. The molecule has 0 bridgehead atoms. The zero-order chi connectivity index (χ0) is 10.0. The molecule has 0 aromatic carbocycles.